The van der Waals surface area contributed by atoms with Crippen LogP contribution in [0.2, 0.25) is 0 Å². The molecule has 2 aliphatic rings. The lowest BCUT2D eigenvalue weighted by atomic mass is 9.93. The minimum absolute atomic E-state index is 0.192. The van der Waals surface area contributed by atoms with E-state index in [4.69, 9.17) is 0 Å². The molecule has 0 bridgehead atoms. The lowest BCUT2D eigenvalue weighted by Crippen LogP contribution is -2.36. The number of carbonyl (C=O) groups is 1. The first-order valence-electron chi connectivity index (χ1n) is 8.97. The van der Waals surface area contributed by atoms with Gasteiger partial charge in [-0.1, -0.05) is 37.3 Å². The molecule has 0 saturated heterocycles. The molecule has 2 aliphatic heterocycles. The molecular formula is C21H18N2O3S. The number of benzene rings is 3. The molecule has 0 aliphatic carbocycles. The standard InChI is InChI=1S/C21H18N2O3S/c1-13-11-12-23(18-8-3-2-5-14(13)18)27(25,26)19-10-9-17-20-15(19)6-4-7-16(20)21(24)22-17/h2-10,13H,11-12H2,1H3,(H,22,24). The number of nitrogens with zero attached hydrogens (tertiary/aromatic N) is 1. The zero-order valence-corrected chi connectivity index (χ0v) is 15.6. The maximum Gasteiger partial charge on any atom is 0.264 e. The van der Waals surface area contributed by atoms with Gasteiger partial charge in [-0.05, 0) is 42.2 Å². The van der Waals surface area contributed by atoms with Crippen molar-refractivity contribution in [3.05, 3.63) is 65.7 Å². The molecule has 0 spiro atoms. The van der Waals surface area contributed by atoms with Crippen molar-refractivity contribution in [3.63, 3.8) is 0 Å². The molecule has 5 rings (SSSR count). The van der Waals surface area contributed by atoms with Crippen LogP contribution in [0.15, 0.2) is 59.5 Å². The molecule has 27 heavy (non-hydrogen) atoms. The molecule has 1 atom stereocenters. The van der Waals surface area contributed by atoms with Crippen LogP contribution in [0, 0.1) is 0 Å². The summed E-state index contributed by atoms with van der Waals surface area (Å²) in [5.74, 6) is 0.129. The highest BCUT2D eigenvalue weighted by atomic mass is 32.2. The first-order valence-corrected chi connectivity index (χ1v) is 10.4. The molecule has 0 radical (unpaired) electrons. The third-order valence-corrected chi connectivity index (χ3v) is 7.43. The number of sulfonamides is 1. The van der Waals surface area contributed by atoms with Gasteiger partial charge in [-0.2, -0.15) is 0 Å². The summed E-state index contributed by atoms with van der Waals surface area (Å²) in [6.45, 7) is 2.57. The summed E-state index contributed by atoms with van der Waals surface area (Å²) in [6.07, 6.45) is 0.775. The Bertz CT molecular complexity index is 1220. The molecule has 1 N–H and O–H groups in total. The van der Waals surface area contributed by atoms with Gasteiger partial charge in [0, 0.05) is 28.6 Å². The third-order valence-electron chi connectivity index (χ3n) is 5.56. The molecule has 0 aromatic heterocycles. The Kier molecular flexibility index (Phi) is 3.37. The Morgan fingerprint density at radius 1 is 1.04 bits per heavy atom. The van der Waals surface area contributed by atoms with Gasteiger partial charge in [-0.3, -0.25) is 9.10 Å². The van der Waals surface area contributed by atoms with Crippen LogP contribution in [0.25, 0.3) is 10.8 Å². The van der Waals surface area contributed by atoms with Crippen LogP contribution in [0.1, 0.15) is 35.2 Å². The van der Waals surface area contributed by atoms with Crippen molar-refractivity contribution in [1.29, 1.82) is 0 Å². The minimum Gasteiger partial charge on any atom is -0.321 e. The Labute approximate surface area is 157 Å². The number of nitrogens with one attached hydrogen (secondary N) is 1. The van der Waals surface area contributed by atoms with E-state index in [0.29, 0.717) is 34.5 Å². The predicted octanol–water partition coefficient (Wildman–Crippen LogP) is 4.11. The van der Waals surface area contributed by atoms with Crippen LogP contribution in [0.3, 0.4) is 0 Å². The largest absolute Gasteiger partial charge is 0.321 e. The van der Waals surface area contributed by atoms with E-state index in [-0.39, 0.29) is 10.8 Å². The molecule has 2 heterocycles. The molecule has 3 aromatic rings. The Morgan fingerprint density at radius 3 is 2.70 bits per heavy atom. The number of rotatable bonds is 2. The first-order chi connectivity index (χ1) is 13.0. The molecule has 5 nitrogen and oxygen atoms in total. The monoisotopic (exact) mass is 378 g/mol. The molecule has 3 aromatic carbocycles. The van der Waals surface area contributed by atoms with Crippen molar-refractivity contribution in [2.75, 3.05) is 16.2 Å². The van der Waals surface area contributed by atoms with Gasteiger partial charge in [-0.25, -0.2) is 8.42 Å². The smallest absolute Gasteiger partial charge is 0.264 e. The normalized spacial score (nSPS) is 18.5. The quantitative estimate of drug-likeness (QED) is 0.730. The molecular weight excluding hydrogens is 360 g/mol. The second-order valence-corrected chi connectivity index (χ2v) is 8.95. The number of hydrogen-bond acceptors (Lipinski definition) is 3. The van der Waals surface area contributed by atoms with Crippen LogP contribution in [0.4, 0.5) is 11.4 Å². The van der Waals surface area contributed by atoms with Gasteiger partial charge in [-0.15, -0.1) is 0 Å². The van der Waals surface area contributed by atoms with Crippen LogP contribution in [0.5, 0.6) is 0 Å². The zero-order valence-electron chi connectivity index (χ0n) is 14.8. The predicted molar refractivity (Wildman–Crippen MR) is 106 cm³/mol. The maximum absolute atomic E-state index is 13.6. The average Bonchev–Trinajstić information content (AvgIpc) is 3.00. The number of amides is 1. The number of fused-ring (bicyclic) bond motifs is 1. The number of hydrogen-bond donors (Lipinski definition) is 1. The van der Waals surface area contributed by atoms with E-state index in [9.17, 15) is 13.2 Å². The maximum atomic E-state index is 13.6. The highest BCUT2D eigenvalue weighted by molar-refractivity contribution is 7.93. The van der Waals surface area contributed by atoms with Crippen molar-refractivity contribution in [3.8, 4) is 0 Å². The van der Waals surface area contributed by atoms with E-state index in [0.717, 1.165) is 17.7 Å². The Balaban J connectivity index is 1.74. The van der Waals surface area contributed by atoms with Crippen molar-refractivity contribution < 1.29 is 13.2 Å². The second-order valence-electron chi connectivity index (χ2n) is 7.12. The molecule has 0 fully saturated rings. The Morgan fingerprint density at radius 2 is 1.85 bits per heavy atom. The van der Waals surface area contributed by atoms with Gasteiger partial charge in [0.1, 0.15) is 0 Å². The van der Waals surface area contributed by atoms with Crippen molar-refractivity contribution in [2.24, 2.45) is 0 Å². The first kappa shape index (κ1) is 16.3. The van der Waals surface area contributed by atoms with E-state index in [1.165, 1.54) is 4.31 Å². The topological polar surface area (TPSA) is 66.5 Å². The lowest BCUT2D eigenvalue weighted by Gasteiger charge is -2.33. The summed E-state index contributed by atoms with van der Waals surface area (Å²) in [4.78, 5) is 12.4. The summed E-state index contributed by atoms with van der Waals surface area (Å²) in [5, 5.41) is 4.07. The van der Waals surface area contributed by atoms with Gasteiger partial charge in [0.05, 0.1) is 10.6 Å². The highest BCUT2D eigenvalue weighted by Gasteiger charge is 2.34. The number of carbonyl (C=O) groups excluding carboxylic acids is 1. The fourth-order valence-electron chi connectivity index (χ4n) is 4.17. The van der Waals surface area contributed by atoms with Crippen LogP contribution in [-0.2, 0) is 10.0 Å². The summed E-state index contributed by atoms with van der Waals surface area (Å²) >= 11 is 0. The van der Waals surface area contributed by atoms with E-state index in [2.05, 4.69) is 12.2 Å². The minimum atomic E-state index is -3.75. The molecule has 1 unspecified atom stereocenters. The molecule has 1 amide bonds. The van der Waals surface area contributed by atoms with Crippen molar-refractivity contribution >= 4 is 38.1 Å². The second kappa shape index (κ2) is 5.57. The van der Waals surface area contributed by atoms with E-state index in [1.54, 1.807) is 30.3 Å². The lowest BCUT2D eigenvalue weighted by molar-refractivity contribution is 0.103. The summed E-state index contributed by atoms with van der Waals surface area (Å²) < 4.78 is 28.7. The fraction of sp³-hybridized carbons (Fsp3) is 0.190. The fourth-order valence-corrected chi connectivity index (χ4v) is 5.87. The van der Waals surface area contributed by atoms with Crippen LogP contribution >= 0.6 is 0 Å². The zero-order chi connectivity index (χ0) is 18.8. The van der Waals surface area contributed by atoms with Crippen molar-refractivity contribution in [1.82, 2.24) is 0 Å². The van der Waals surface area contributed by atoms with Gasteiger partial charge in [0.25, 0.3) is 15.9 Å². The number of anilines is 2. The Hall–Kier alpha value is -2.86. The summed E-state index contributed by atoms with van der Waals surface area (Å²) in [7, 11) is -3.75. The van der Waals surface area contributed by atoms with Gasteiger partial charge in [0.2, 0.25) is 0 Å². The van der Waals surface area contributed by atoms with E-state index < -0.39 is 10.0 Å². The average molecular weight is 378 g/mol. The van der Waals surface area contributed by atoms with Crippen LogP contribution in [-0.4, -0.2) is 20.9 Å². The molecule has 0 saturated carbocycles. The van der Waals surface area contributed by atoms with Gasteiger partial charge >= 0.3 is 0 Å². The highest BCUT2D eigenvalue weighted by Crippen LogP contribution is 2.41. The van der Waals surface area contributed by atoms with Crippen LogP contribution < -0.4 is 9.62 Å². The van der Waals surface area contributed by atoms with Crippen molar-refractivity contribution in [2.45, 2.75) is 24.2 Å². The number of para-hydroxylation sites is 1. The molecule has 136 valence electrons. The SMILES string of the molecule is CC1CCN(S(=O)(=O)c2ccc3c4c(cccc24)C(=O)N3)c2ccccc21. The van der Waals surface area contributed by atoms with E-state index in [1.807, 2.05) is 24.3 Å². The summed E-state index contributed by atoms with van der Waals surface area (Å²) in [6, 6.07) is 16.2. The van der Waals surface area contributed by atoms with E-state index >= 15 is 0 Å². The van der Waals surface area contributed by atoms with Gasteiger partial charge in [0.15, 0.2) is 0 Å². The van der Waals surface area contributed by atoms with Gasteiger partial charge < -0.3 is 5.32 Å². The molecule has 6 heteroatoms. The third kappa shape index (κ3) is 2.23. The summed E-state index contributed by atoms with van der Waals surface area (Å²) in [5.41, 5.74) is 2.98.